The lowest BCUT2D eigenvalue weighted by atomic mass is 10.1. The van der Waals surface area contributed by atoms with E-state index in [9.17, 15) is 4.79 Å². The Morgan fingerprint density at radius 2 is 2.21 bits per heavy atom. The largest absolute Gasteiger partial charge is 0.478 e. The van der Waals surface area contributed by atoms with Crippen LogP contribution in [0.3, 0.4) is 0 Å². The molecule has 19 heavy (non-hydrogen) atoms. The maximum atomic E-state index is 10.9. The van der Waals surface area contributed by atoms with Crippen LogP contribution in [0.2, 0.25) is 0 Å². The first-order chi connectivity index (χ1) is 9.16. The van der Waals surface area contributed by atoms with Gasteiger partial charge in [-0.25, -0.2) is 9.78 Å². The fraction of sp³-hybridized carbons (Fsp3) is 0.571. The lowest BCUT2D eigenvalue weighted by Crippen LogP contribution is -2.41. The number of anilines is 1. The van der Waals surface area contributed by atoms with Crippen molar-refractivity contribution >= 4 is 11.8 Å². The average molecular weight is 263 g/mol. The van der Waals surface area contributed by atoms with E-state index in [0.29, 0.717) is 11.9 Å². The fourth-order valence-corrected chi connectivity index (χ4v) is 2.40. The molecule has 0 aliphatic carbocycles. The third-order valence-corrected chi connectivity index (χ3v) is 3.60. The third kappa shape index (κ3) is 3.92. The van der Waals surface area contributed by atoms with Crippen molar-refractivity contribution in [2.75, 3.05) is 25.0 Å². The summed E-state index contributed by atoms with van der Waals surface area (Å²) in [4.78, 5) is 17.5. The first-order valence-electron chi connectivity index (χ1n) is 6.84. The molecule has 0 radical (unpaired) electrons. The van der Waals surface area contributed by atoms with E-state index in [1.165, 1.54) is 31.5 Å². The molecule has 1 aliphatic rings. The molecular formula is C14H21N3O2. The molecule has 2 heterocycles. The van der Waals surface area contributed by atoms with Crippen molar-refractivity contribution in [1.82, 2.24) is 9.88 Å². The number of nitrogens with one attached hydrogen (secondary N) is 1. The van der Waals surface area contributed by atoms with Crippen molar-refractivity contribution < 1.29 is 9.90 Å². The maximum absolute atomic E-state index is 10.9. The highest BCUT2D eigenvalue weighted by Gasteiger charge is 2.16. The number of aromatic carboxylic acids is 1. The molecular weight excluding hydrogens is 242 g/mol. The van der Waals surface area contributed by atoms with Crippen LogP contribution in [0.25, 0.3) is 0 Å². The number of nitrogens with zero attached hydrogens (tertiary/aromatic N) is 2. The van der Waals surface area contributed by atoms with Crippen LogP contribution in [-0.2, 0) is 0 Å². The zero-order valence-corrected chi connectivity index (χ0v) is 11.3. The Bertz CT molecular complexity index is 430. The molecule has 1 fully saturated rings. The highest BCUT2D eigenvalue weighted by Crippen LogP contribution is 2.13. The van der Waals surface area contributed by atoms with E-state index in [1.54, 1.807) is 6.07 Å². The highest BCUT2D eigenvalue weighted by atomic mass is 16.4. The first kappa shape index (κ1) is 13.8. The summed E-state index contributed by atoms with van der Waals surface area (Å²) in [6, 6.07) is 3.52. The minimum Gasteiger partial charge on any atom is -0.478 e. The Balaban J connectivity index is 1.87. The average Bonchev–Trinajstić information content (AvgIpc) is 2.46. The van der Waals surface area contributed by atoms with Crippen molar-refractivity contribution in [1.29, 1.82) is 0 Å². The molecule has 0 saturated carbocycles. The number of carboxylic acid groups (broad SMARTS) is 1. The highest BCUT2D eigenvalue weighted by molar-refractivity contribution is 5.88. The van der Waals surface area contributed by atoms with Crippen LogP contribution < -0.4 is 5.32 Å². The van der Waals surface area contributed by atoms with E-state index in [1.807, 2.05) is 0 Å². The number of carboxylic acids is 1. The minimum atomic E-state index is -0.922. The molecule has 1 atom stereocenters. The maximum Gasteiger partial charge on any atom is 0.335 e. The summed E-state index contributed by atoms with van der Waals surface area (Å²) in [6.45, 7) is 5.30. The van der Waals surface area contributed by atoms with Crippen molar-refractivity contribution in [2.24, 2.45) is 0 Å². The zero-order chi connectivity index (χ0) is 13.7. The first-order valence-corrected chi connectivity index (χ1v) is 6.84. The van der Waals surface area contributed by atoms with Crippen molar-refractivity contribution in [2.45, 2.75) is 32.2 Å². The van der Waals surface area contributed by atoms with E-state index >= 15 is 0 Å². The molecule has 0 spiro atoms. The second kappa shape index (κ2) is 6.52. The van der Waals surface area contributed by atoms with Gasteiger partial charge in [0.1, 0.15) is 5.82 Å². The van der Waals surface area contributed by atoms with Gasteiger partial charge in [0.2, 0.25) is 0 Å². The topological polar surface area (TPSA) is 65.5 Å². The number of rotatable bonds is 5. The molecule has 104 valence electrons. The third-order valence-electron chi connectivity index (χ3n) is 3.60. The smallest absolute Gasteiger partial charge is 0.335 e. The van der Waals surface area contributed by atoms with Crippen LogP contribution in [0, 0.1) is 0 Å². The monoisotopic (exact) mass is 263 g/mol. The number of likely N-dealkylation sites (tertiary alicyclic amines) is 1. The second-order valence-corrected chi connectivity index (χ2v) is 5.06. The number of pyridine rings is 1. The molecule has 0 aromatic carbocycles. The van der Waals surface area contributed by atoms with Crippen molar-refractivity contribution in [3.63, 3.8) is 0 Å². The van der Waals surface area contributed by atoms with Gasteiger partial charge in [0.05, 0.1) is 5.56 Å². The van der Waals surface area contributed by atoms with E-state index in [4.69, 9.17) is 5.11 Å². The van der Waals surface area contributed by atoms with Crippen molar-refractivity contribution in [3.8, 4) is 0 Å². The van der Waals surface area contributed by atoms with Gasteiger partial charge in [-0.1, -0.05) is 6.42 Å². The van der Waals surface area contributed by atoms with Gasteiger partial charge >= 0.3 is 5.97 Å². The number of hydrogen-bond donors (Lipinski definition) is 2. The Labute approximate surface area is 113 Å². The van der Waals surface area contributed by atoms with Gasteiger partial charge in [-0.2, -0.15) is 0 Å². The fourth-order valence-electron chi connectivity index (χ4n) is 2.40. The van der Waals surface area contributed by atoms with E-state index in [2.05, 4.69) is 22.1 Å². The van der Waals surface area contributed by atoms with Crippen LogP contribution >= 0.6 is 0 Å². The van der Waals surface area contributed by atoms with Crippen molar-refractivity contribution in [3.05, 3.63) is 23.9 Å². The quantitative estimate of drug-likeness (QED) is 0.851. The molecule has 1 aliphatic heterocycles. The molecule has 1 aromatic rings. The standard InChI is InChI=1S/C14H21N3O2/c1-11(17-7-3-2-4-8-17)10-16-13-9-12(14(18)19)5-6-15-13/h5-6,9,11H,2-4,7-8,10H2,1H3,(H,15,16)(H,18,19). The van der Waals surface area contributed by atoms with Gasteiger partial charge in [0, 0.05) is 18.8 Å². The summed E-state index contributed by atoms with van der Waals surface area (Å²) in [5.74, 6) is -0.293. The molecule has 1 unspecified atom stereocenters. The van der Waals surface area contributed by atoms with Crippen LogP contribution in [0.15, 0.2) is 18.3 Å². The Kier molecular flexibility index (Phi) is 4.74. The normalized spacial score (nSPS) is 17.9. The van der Waals surface area contributed by atoms with Crippen LogP contribution in [0.1, 0.15) is 36.5 Å². The Morgan fingerprint density at radius 1 is 1.47 bits per heavy atom. The predicted molar refractivity (Wildman–Crippen MR) is 74.6 cm³/mol. The molecule has 5 nitrogen and oxygen atoms in total. The van der Waals surface area contributed by atoms with Gasteiger partial charge < -0.3 is 10.4 Å². The number of hydrogen-bond acceptors (Lipinski definition) is 4. The van der Waals surface area contributed by atoms with Crippen LogP contribution in [0.5, 0.6) is 0 Å². The summed E-state index contributed by atoms with van der Waals surface area (Å²) in [7, 11) is 0. The Morgan fingerprint density at radius 3 is 2.89 bits per heavy atom. The van der Waals surface area contributed by atoms with E-state index < -0.39 is 5.97 Å². The summed E-state index contributed by atoms with van der Waals surface area (Å²) >= 11 is 0. The van der Waals surface area contributed by atoms with Gasteiger partial charge in [0.25, 0.3) is 0 Å². The number of carbonyl (C=O) groups is 1. The molecule has 1 saturated heterocycles. The zero-order valence-electron chi connectivity index (χ0n) is 11.3. The molecule has 2 rings (SSSR count). The molecule has 0 amide bonds. The van der Waals surface area contributed by atoms with Crippen LogP contribution in [0.4, 0.5) is 5.82 Å². The minimum absolute atomic E-state index is 0.267. The lowest BCUT2D eigenvalue weighted by Gasteiger charge is -2.32. The summed E-state index contributed by atoms with van der Waals surface area (Å²) in [6.07, 6.45) is 5.41. The molecule has 1 aromatic heterocycles. The molecule has 2 N–H and O–H groups in total. The SMILES string of the molecule is CC(CNc1cc(C(=O)O)ccn1)N1CCCCC1. The number of piperidine rings is 1. The number of aromatic nitrogens is 1. The van der Waals surface area contributed by atoms with Gasteiger partial charge in [-0.05, 0) is 45.0 Å². The van der Waals surface area contributed by atoms with Gasteiger partial charge in [-0.15, -0.1) is 0 Å². The van der Waals surface area contributed by atoms with Gasteiger partial charge in [-0.3, -0.25) is 4.90 Å². The van der Waals surface area contributed by atoms with E-state index in [-0.39, 0.29) is 5.56 Å². The molecule has 5 heteroatoms. The predicted octanol–water partition coefficient (Wildman–Crippen LogP) is 2.07. The van der Waals surface area contributed by atoms with E-state index in [0.717, 1.165) is 19.6 Å². The molecule has 0 bridgehead atoms. The summed E-state index contributed by atoms with van der Waals surface area (Å²) in [5, 5.41) is 12.1. The summed E-state index contributed by atoms with van der Waals surface area (Å²) in [5.41, 5.74) is 0.267. The van der Waals surface area contributed by atoms with Crippen LogP contribution in [-0.4, -0.2) is 46.6 Å². The Hall–Kier alpha value is -1.62. The summed E-state index contributed by atoms with van der Waals surface area (Å²) < 4.78 is 0. The second-order valence-electron chi connectivity index (χ2n) is 5.06. The van der Waals surface area contributed by atoms with Gasteiger partial charge in [0.15, 0.2) is 0 Å². The lowest BCUT2D eigenvalue weighted by molar-refractivity contribution is 0.0697.